The maximum Gasteiger partial charge on any atom is 0.328 e. The lowest BCUT2D eigenvalue weighted by Gasteiger charge is -2.27. The van der Waals surface area contributed by atoms with Crippen LogP contribution in [0.3, 0.4) is 0 Å². The van der Waals surface area contributed by atoms with Crippen molar-refractivity contribution < 1.29 is 9.90 Å². The van der Waals surface area contributed by atoms with Crippen LogP contribution in [0.5, 0.6) is 0 Å². The van der Waals surface area contributed by atoms with Crippen molar-refractivity contribution in [1.82, 2.24) is 4.57 Å². The Labute approximate surface area is 132 Å². The van der Waals surface area contributed by atoms with Gasteiger partial charge in [0.2, 0.25) is 0 Å². The first-order chi connectivity index (χ1) is 10.3. The fraction of sp³-hybridized carbons (Fsp3) is 0.421. The summed E-state index contributed by atoms with van der Waals surface area (Å²) in [7, 11) is 0. The molecule has 1 N–H and O–H groups in total. The lowest BCUT2D eigenvalue weighted by atomic mass is 9.93. The Morgan fingerprint density at radius 2 is 1.77 bits per heavy atom. The van der Waals surface area contributed by atoms with Crippen LogP contribution < -0.4 is 0 Å². The van der Waals surface area contributed by atoms with E-state index in [9.17, 15) is 4.79 Å². The molecule has 1 aromatic carbocycles. The first-order valence-electron chi connectivity index (χ1n) is 7.83. The van der Waals surface area contributed by atoms with Gasteiger partial charge in [0, 0.05) is 29.2 Å². The highest BCUT2D eigenvalue weighted by Gasteiger charge is 2.20. The summed E-state index contributed by atoms with van der Waals surface area (Å²) in [5.74, 6) is 0.211. The minimum absolute atomic E-state index is 0.457. The SMILES string of the molecule is C/C(=C\C(=O)O)c1ccc2c(ccn2C(C(C)C)C(C)C)c1. The fourth-order valence-corrected chi connectivity index (χ4v) is 3.35. The van der Waals surface area contributed by atoms with Gasteiger partial charge in [-0.3, -0.25) is 0 Å². The van der Waals surface area contributed by atoms with E-state index in [4.69, 9.17) is 5.11 Å². The number of nitrogens with zero attached hydrogens (tertiary/aromatic N) is 1. The average Bonchev–Trinajstić information content (AvgIpc) is 2.80. The van der Waals surface area contributed by atoms with Crippen LogP contribution in [-0.2, 0) is 4.79 Å². The number of allylic oxidation sites excluding steroid dienone is 1. The molecule has 0 aliphatic rings. The number of hydrogen-bond donors (Lipinski definition) is 1. The van der Waals surface area contributed by atoms with E-state index in [0.717, 1.165) is 16.5 Å². The highest BCUT2D eigenvalue weighted by Crippen LogP contribution is 2.31. The highest BCUT2D eigenvalue weighted by atomic mass is 16.4. The molecule has 0 fully saturated rings. The van der Waals surface area contributed by atoms with Crippen molar-refractivity contribution in [2.45, 2.75) is 40.7 Å². The molecule has 0 aliphatic heterocycles. The van der Waals surface area contributed by atoms with E-state index in [1.54, 1.807) is 0 Å². The van der Waals surface area contributed by atoms with E-state index >= 15 is 0 Å². The molecule has 0 spiro atoms. The summed E-state index contributed by atoms with van der Waals surface area (Å²) in [6, 6.07) is 8.75. The van der Waals surface area contributed by atoms with Crippen LogP contribution >= 0.6 is 0 Å². The Morgan fingerprint density at radius 3 is 2.32 bits per heavy atom. The van der Waals surface area contributed by atoms with Gasteiger partial charge in [0.1, 0.15) is 0 Å². The summed E-state index contributed by atoms with van der Waals surface area (Å²) in [5.41, 5.74) is 2.93. The van der Waals surface area contributed by atoms with Gasteiger partial charge in [0.15, 0.2) is 0 Å². The lowest BCUT2D eigenvalue weighted by molar-refractivity contribution is -0.131. The predicted octanol–water partition coefficient (Wildman–Crippen LogP) is 4.98. The van der Waals surface area contributed by atoms with Crippen LogP contribution in [0.25, 0.3) is 16.5 Å². The van der Waals surface area contributed by atoms with E-state index in [0.29, 0.717) is 17.9 Å². The van der Waals surface area contributed by atoms with Gasteiger partial charge in [0.05, 0.1) is 0 Å². The Bertz CT molecular complexity index is 699. The molecule has 0 bridgehead atoms. The summed E-state index contributed by atoms with van der Waals surface area (Å²) >= 11 is 0. The lowest BCUT2D eigenvalue weighted by Crippen LogP contribution is -2.19. The Kier molecular flexibility index (Phi) is 4.74. The number of carboxylic acid groups (broad SMARTS) is 1. The summed E-state index contributed by atoms with van der Waals surface area (Å²) in [6.07, 6.45) is 3.40. The van der Waals surface area contributed by atoms with Gasteiger partial charge in [-0.05, 0) is 48.1 Å². The maximum atomic E-state index is 10.8. The molecule has 1 aromatic heterocycles. The molecule has 0 radical (unpaired) electrons. The zero-order valence-corrected chi connectivity index (χ0v) is 14.0. The number of aromatic nitrogens is 1. The van der Waals surface area contributed by atoms with Gasteiger partial charge in [-0.15, -0.1) is 0 Å². The molecule has 3 heteroatoms. The second-order valence-electron chi connectivity index (χ2n) is 6.64. The number of hydrogen-bond acceptors (Lipinski definition) is 1. The third-order valence-corrected chi connectivity index (χ3v) is 4.20. The molecule has 0 unspecified atom stereocenters. The van der Waals surface area contributed by atoms with E-state index < -0.39 is 5.97 Å². The van der Waals surface area contributed by atoms with Crippen molar-refractivity contribution in [2.24, 2.45) is 11.8 Å². The quantitative estimate of drug-likeness (QED) is 0.791. The smallest absolute Gasteiger partial charge is 0.328 e. The molecule has 0 saturated carbocycles. The van der Waals surface area contributed by atoms with E-state index in [-0.39, 0.29) is 0 Å². The third-order valence-electron chi connectivity index (χ3n) is 4.20. The van der Waals surface area contributed by atoms with Gasteiger partial charge in [-0.2, -0.15) is 0 Å². The number of fused-ring (bicyclic) bond motifs is 1. The molecule has 0 amide bonds. The number of carboxylic acids is 1. The van der Waals surface area contributed by atoms with Gasteiger partial charge in [-0.25, -0.2) is 4.79 Å². The molecule has 0 atom stereocenters. The van der Waals surface area contributed by atoms with E-state index in [2.05, 4.69) is 56.7 Å². The first kappa shape index (κ1) is 16.3. The minimum atomic E-state index is -0.908. The molecule has 0 aliphatic carbocycles. The van der Waals surface area contributed by atoms with Crippen molar-refractivity contribution in [3.05, 3.63) is 42.1 Å². The molecule has 0 saturated heterocycles. The number of aliphatic carboxylic acids is 1. The van der Waals surface area contributed by atoms with Crippen LogP contribution in [0, 0.1) is 11.8 Å². The van der Waals surface area contributed by atoms with Crippen molar-refractivity contribution in [2.75, 3.05) is 0 Å². The number of rotatable bonds is 5. The van der Waals surface area contributed by atoms with Gasteiger partial charge >= 0.3 is 5.97 Å². The van der Waals surface area contributed by atoms with Crippen molar-refractivity contribution in [1.29, 1.82) is 0 Å². The van der Waals surface area contributed by atoms with Crippen LogP contribution in [0.4, 0.5) is 0 Å². The fourth-order valence-electron chi connectivity index (χ4n) is 3.35. The summed E-state index contributed by atoms with van der Waals surface area (Å²) in [6.45, 7) is 10.8. The highest BCUT2D eigenvalue weighted by molar-refractivity contribution is 5.91. The molecule has 2 aromatic rings. The molecule has 22 heavy (non-hydrogen) atoms. The van der Waals surface area contributed by atoms with E-state index in [1.165, 1.54) is 11.6 Å². The monoisotopic (exact) mass is 299 g/mol. The summed E-state index contributed by atoms with van der Waals surface area (Å²) < 4.78 is 2.35. The summed E-state index contributed by atoms with van der Waals surface area (Å²) in [4.78, 5) is 10.8. The third kappa shape index (κ3) is 3.24. The van der Waals surface area contributed by atoms with Crippen molar-refractivity contribution in [3.8, 4) is 0 Å². The van der Waals surface area contributed by atoms with Crippen LogP contribution in [0.2, 0.25) is 0 Å². The molecule has 2 rings (SSSR count). The molecule has 118 valence electrons. The maximum absolute atomic E-state index is 10.8. The molecular weight excluding hydrogens is 274 g/mol. The molecular formula is C19H25NO2. The van der Waals surface area contributed by atoms with Crippen LogP contribution in [0.15, 0.2) is 36.5 Å². The van der Waals surface area contributed by atoms with Crippen LogP contribution in [0.1, 0.15) is 46.2 Å². The zero-order valence-electron chi connectivity index (χ0n) is 14.0. The molecule has 1 heterocycles. The van der Waals surface area contributed by atoms with Crippen molar-refractivity contribution >= 4 is 22.4 Å². The second kappa shape index (κ2) is 6.39. The van der Waals surface area contributed by atoms with Gasteiger partial charge in [-0.1, -0.05) is 33.8 Å². The van der Waals surface area contributed by atoms with E-state index in [1.807, 2.05) is 13.0 Å². The zero-order chi connectivity index (χ0) is 16.4. The molecule has 3 nitrogen and oxygen atoms in total. The number of carbonyl (C=O) groups is 1. The minimum Gasteiger partial charge on any atom is -0.478 e. The first-order valence-corrected chi connectivity index (χ1v) is 7.83. The largest absolute Gasteiger partial charge is 0.478 e. The van der Waals surface area contributed by atoms with Crippen LogP contribution in [-0.4, -0.2) is 15.6 Å². The topological polar surface area (TPSA) is 42.2 Å². The Balaban J connectivity index is 2.49. The van der Waals surface area contributed by atoms with Crippen molar-refractivity contribution in [3.63, 3.8) is 0 Å². The normalized spacial score (nSPS) is 12.8. The Morgan fingerprint density at radius 1 is 1.14 bits per heavy atom. The van der Waals surface area contributed by atoms with Gasteiger partial charge < -0.3 is 9.67 Å². The standard InChI is InChI=1S/C19H25NO2/c1-12(2)19(13(3)4)20-9-8-16-11-15(6-7-17(16)20)14(5)10-18(21)22/h6-13,19H,1-5H3,(H,21,22)/b14-10+. The average molecular weight is 299 g/mol. The van der Waals surface area contributed by atoms with Gasteiger partial charge in [0.25, 0.3) is 0 Å². The number of benzene rings is 1. The Hall–Kier alpha value is -2.03. The summed E-state index contributed by atoms with van der Waals surface area (Å²) in [5, 5.41) is 10.0. The predicted molar refractivity (Wildman–Crippen MR) is 91.9 cm³/mol. The second-order valence-corrected chi connectivity index (χ2v) is 6.64.